The monoisotopic (exact) mass is 420 g/mol. The summed E-state index contributed by atoms with van der Waals surface area (Å²) in [6.45, 7) is 2.69. The summed E-state index contributed by atoms with van der Waals surface area (Å²) in [6.07, 6.45) is 0. The summed E-state index contributed by atoms with van der Waals surface area (Å²) in [4.78, 5) is 24.1. The van der Waals surface area contributed by atoms with Crippen molar-refractivity contribution in [2.24, 2.45) is 0 Å². The first kappa shape index (κ1) is 19.9. The van der Waals surface area contributed by atoms with Gasteiger partial charge in [0, 0.05) is 29.4 Å². The highest BCUT2D eigenvalue weighted by Crippen LogP contribution is 2.21. The lowest BCUT2D eigenvalue weighted by Gasteiger charge is -2.10. The second-order valence-corrected chi connectivity index (χ2v) is 6.43. The molecule has 0 aliphatic carbocycles. The minimum atomic E-state index is -0.303. The van der Waals surface area contributed by atoms with Gasteiger partial charge in [-0.2, -0.15) is 0 Å². The lowest BCUT2D eigenvalue weighted by molar-refractivity contribution is -0.118. The molecule has 0 aliphatic heterocycles. The maximum Gasteiger partial charge on any atom is 0.262 e. The summed E-state index contributed by atoms with van der Waals surface area (Å²) >= 11 is 3.42. The molecule has 0 spiro atoms. The fraction of sp³-hybridized carbons (Fsp3) is 0.263. The maximum absolute atomic E-state index is 12.1. The van der Waals surface area contributed by atoms with Gasteiger partial charge in [-0.3, -0.25) is 9.59 Å². The lowest BCUT2D eigenvalue weighted by Crippen LogP contribution is -2.27. The van der Waals surface area contributed by atoms with Crippen LogP contribution in [0.5, 0.6) is 5.75 Å². The molecule has 0 saturated heterocycles. The molecular weight excluding hydrogens is 400 g/mol. The molecule has 0 aliphatic rings. The van der Waals surface area contributed by atoms with Crippen molar-refractivity contribution >= 4 is 33.4 Å². The van der Waals surface area contributed by atoms with Crippen molar-refractivity contribution in [1.29, 1.82) is 0 Å². The fourth-order valence-electron chi connectivity index (χ4n) is 2.16. The first-order chi connectivity index (χ1) is 12.5. The van der Waals surface area contributed by atoms with Gasteiger partial charge in [-0.15, -0.1) is 0 Å². The SMILES string of the molecule is COCCNC(=O)c1cccc(NC(=O)COc2ccc(Br)c(C)c2)c1. The molecule has 0 unspecified atom stereocenters. The number of hydrogen-bond acceptors (Lipinski definition) is 4. The number of nitrogens with one attached hydrogen (secondary N) is 2. The molecule has 138 valence electrons. The molecule has 2 N–H and O–H groups in total. The third-order valence-electron chi connectivity index (χ3n) is 3.50. The van der Waals surface area contributed by atoms with E-state index in [1.807, 2.05) is 19.1 Å². The van der Waals surface area contributed by atoms with Crippen LogP contribution in [0.1, 0.15) is 15.9 Å². The summed E-state index contributed by atoms with van der Waals surface area (Å²) in [5.41, 5.74) is 2.02. The van der Waals surface area contributed by atoms with E-state index >= 15 is 0 Å². The van der Waals surface area contributed by atoms with Crippen molar-refractivity contribution < 1.29 is 19.1 Å². The molecule has 2 aromatic rings. The topological polar surface area (TPSA) is 76.7 Å². The van der Waals surface area contributed by atoms with Crippen LogP contribution in [0.25, 0.3) is 0 Å². The molecule has 2 rings (SSSR count). The predicted octanol–water partition coefficient (Wildman–Crippen LogP) is 3.15. The first-order valence-corrected chi connectivity index (χ1v) is 8.85. The Balaban J connectivity index is 1.89. The van der Waals surface area contributed by atoms with E-state index in [-0.39, 0.29) is 18.4 Å². The number of carbonyl (C=O) groups is 2. The van der Waals surface area contributed by atoms with Crippen LogP contribution in [0.2, 0.25) is 0 Å². The average molecular weight is 421 g/mol. The van der Waals surface area contributed by atoms with Crippen molar-refractivity contribution in [2.45, 2.75) is 6.92 Å². The number of amides is 2. The number of anilines is 1. The van der Waals surface area contributed by atoms with Crippen molar-refractivity contribution in [3.05, 3.63) is 58.1 Å². The standard InChI is InChI=1S/C19H21BrN2O4/c1-13-10-16(6-7-17(13)20)26-12-18(23)22-15-5-3-4-14(11-15)19(24)21-8-9-25-2/h3-7,10-11H,8-9,12H2,1-2H3,(H,21,24)(H,22,23). The second-order valence-electron chi connectivity index (χ2n) is 5.58. The number of halogens is 1. The summed E-state index contributed by atoms with van der Waals surface area (Å²) in [5.74, 6) is 0.0920. The Morgan fingerprint density at radius 1 is 1.15 bits per heavy atom. The Labute approximate surface area is 161 Å². The Kier molecular flexibility index (Phi) is 7.62. The van der Waals surface area contributed by atoms with E-state index in [1.165, 1.54) is 0 Å². The van der Waals surface area contributed by atoms with E-state index in [9.17, 15) is 9.59 Å². The van der Waals surface area contributed by atoms with Gasteiger partial charge in [-0.25, -0.2) is 0 Å². The zero-order valence-electron chi connectivity index (χ0n) is 14.7. The molecule has 0 fully saturated rings. The highest BCUT2D eigenvalue weighted by Gasteiger charge is 2.08. The number of hydrogen-bond donors (Lipinski definition) is 2. The molecule has 0 atom stereocenters. The third kappa shape index (κ3) is 6.16. The van der Waals surface area contributed by atoms with Gasteiger partial charge in [0.2, 0.25) is 0 Å². The van der Waals surface area contributed by atoms with Crippen LogP contribution in [0.15, 0.2) is 46.9 Å². The number of rotatable bonds is 8. The van der Waals surface area contributed by atoms with Crippen LogP contribution in [0.4, 0.5) is 5.69 Å². The number of aryl methyl sites for hydroxylation is 1. The number of methoxy groups -OCH3 is 1. The molecule has 0 heterocycles. The lowest BCUT2D eigenvalue weighted by atomic mass is 10.2. The maximum atomic E-state index is 12.1. The summed E-state index contributed by atoms with van der Waals surface area (Å²) in [5, 5.41) is 5.45. The highest BCUT2D eigenvalue weighted by atomic mass is 79.9. The van der Waals surface area contributed by atoms with Gasteiger partial charge in [0.1, 0.15) is 5.75 Å². The van der Waals surface area contributed by atoms with E-state index < -0.39 is 0 Å². The van der Waals surface area contributed by atoms with Gasteiger partial charge in [-0.05, 0) is 48.9 Å². The molecule has 0 aromatic heterocycles. The predicted molar refractivity (Wildman–Crippen MR) is 104 cm³/mol. The quantitative estimate of drug-likeness (QED) is 0.643. The van der Waals surface area contributed by atoms with Crippen LogP contribution in [0.3, 0.4) is 0 Å². The summed E-state index contributed by atoms with van der Waals surface area (Å²) in [6, 6.07) is 12.2. The van der Waals surface area contributed by atoms with Crippen molar-refractivity contribution in [1.82, 2.24) is 5.32 Å². The normalized spacial score (nSPS) is 10.3. The van der Waals surface area contributed by atoms with E-state index in [2.05, 4.69) is 26.6 Å². The molecule has 0 saturated carbocycles. The largest absolute Gasteiger partial charge is 0.484 e. The van der Waals surface area contributed by atoms with Gasteiger partial charge in [0.15, 0.2) is 6.61 Å². The first-order valence-electron chi connectivity index (χ1n) is 8.05. The molecule has 6 nitrogen and oxygen atoms in total. The molecule has 0 bridgehead atoms. The summed E-state index contributed by atoms with van der Waals surface area (Å²) in [7, 11) is 1.57. The van der Waals surface area contributed by atoms with E-state index in [0.717, 1.165) is 10.0 Å². The molecule has 7 heteroatoms. The Bertz CT molecular complexity index is 780. The smallest absolute Gasteiger partial charge is 0.262 e. The van der Waals surface area contributed by atoms with Gasteiger partial charge < -0.3 is 20.1 Å². The van der Waals surface area contributed by atoms with Gasteiger partial charge in [-0.1, -0.05) is 22.0 Å². The minimum absolute atomic E-state index is 0.120. The van der Waals surface area contributed by atoms with Crippen LogP contribution < -0.4 is 15.4 Å². The van der Waals surface area contributed by atoms with Crippen LogP contribution in [-0.4, -0.2) is 38.7 Å². The zero-order chi connectivity index (χ0) is 18.9. The summed E-state index contributed by atoms with van der Waals surface area (Å²) < 4.78 is 11.4. The average Bonchev–Trinajstić information content (AvgIpc) is 2.63. The molecule has 2 aromatic carbocycles. The highest BCUT2D eigenvalue weighted by molar-refractivity contribution is 9.10. The van der Waals surface area contributed by atoms with Gasteiger partial charge >= 0.3 is 0 Å². The minimum Gasteiger partial charge on any atom is -0.484 e. The van der Waals surface area contributed by atoms with E-state index in [4.69, 9.17) is 9.47 Å². The van der Waals surface area contributed by atoms with Gasteiger partial charge in [0.25, 0.3) is 11.8 Å². The molecule has 0 radical (unpaired) electrons. The molecule has 26 heavy (non-hydrogen) atoms. The Hall–Kier alpha value is -2.38. The molecule has 2 amide bonds. The Morgan fingerprint density at radius 3 is 2.69 bits per heavy atom. The second kappa shape index (κ2) is 9.94. The van der Waals surface area contributed by atoms with Crippen molar-refractivity contribution in [3.8, 4) is 5.75 Å². The van der Waals surface area contributed by atoms with Crippen LogP contribution >= 0.6 is 15.9 Å². The zero-order valence-corrected chi connectivity index (χ0v) is 16.3. The van der Waals surface area contributed by atoms with Crippen molar-refractivity contribution in [3.63, 3.8) is 0 Å². The Morgan fingerprint density at radius 2 is 1.96 bits per heavy atom. The third-order valence-corrected chi connectivity index (χ3v) is 4.39. The molecular formula is C19H21BrN2O4. The van der Waals surface area contributed by atoms with Gasteiger partial charge in [0.05, 0.1) is 6.61 Å². The van der Waals surface area contributed by atoms with Crippen LogP contribution in [0, 0.1) is 6.92 Å². The van der Waals surface area contributed by atoms with Crippen molar-refractivity contribution in [2.75, 3.05) is 32.2 Å². The van der Waals surface area contributed by atoms with E-state index in [1.54, 1.807) is 37.4 Å². The number of ether oxygens (including phenoxy) is 2. The number of carbonyl (C=O) groups excluding carboxylic acids is 2. The van der Waals surface area contributed by atoms with Crippen LogP contribution in [-0.2, 0) is 9.53 Å². The fourth-order valence-corrected chi connectivity index (χ4v) is 2.41. The van der Waals surface area contributed by atoms with E-state index in [0.29, 0.717) is 30.2 Å². The number of benzene rings is 2.